The number of ether oxygens (including phenoxy) is 1. The van der Waals surface area contributed by atoms with Crippen molar-refractivity contribution in [3.63, 3.8) is 0 Å². The van der Waals surface area contributed by atoms with E-state index in [1.165, 1.54) is 32.1 Å². The van der Waals surface area contributed by atoms with Gasteiger partial charge in [0, 0.05) is 19.2 Å². The van der Waals surface area contributed by atoms with Crippen LogP contribution in [0.25, 0.3) is 0 Å². The van der Waals surface area contributed by atoms with Gasteiger partial charge in [-0.2, -0.15) is 0 Å². The molecule has 0 heterocycles. The van der Waals surface area contributed by atoms with Crippen LogP contribution in [0.5, 0.6) is 0 Å². The molecule has 0 amide bonds. The van der Waals surface area contributed by atoms with Crippen LogP contribution in [0.15, 0.2) is 0 Å². The van der Waals surface area contributed by atoms with Crippen LogP contribution in [0, 0.1) is 0 Å². The van der Waals surface area contributed by atoms with Gasteiger partial charge in [-0.25, -0.2) is 0 Å². The lowest BCUT2D eigenvalue weighted by Crippen LogP contribution is -2.50. The zero-order chi connectivity index (χ0) is 12.3. The summed E-state index contributed by atoms with van der Waals surface area (Å²) in [6.45, 7) is 0. The molecule has 2 fully saturated rings. The Kier molecular flexibility index (Phi) is 4.83. The second-order valence-corrected chi connectivity index (χ2v) is 5.76. The molecule has 0 saturated heterocycles. The molecule has 2 saturated carbocycles. The van der Waals surface area contributed by atoms with Gasteiger partial charge in [0.05, 0.1) is 12.2 Å². The molecular formula is C14H27NO2. The summed E-state index contributed by atoms with van der Waals surface area (Å²) in [6, 6.07) is 0.982. The molecule has 2 aliphatic carbocycles. The minimum atomic E-state index is -0.114. The van der Waals surface area contributed by atoms with E-state index in [1.54, 1.807) is 0 Å². The molecule has 0 radical (unpaired) electrons. The highest BCUT2D eigenvalue weighted by molar-refractivity contribution is 4.88. The van der Waals surface area contributed by atoms with E-state index in [4.69, 9.17) is 4.74 Å². The number of methoxy groups -OCH3 is 1. The maximum atomic E-state index is 10.1. The molecule has 3 nitrogen and oxygen atoms in total. The molecule has 0 aliphatic heterocycles. The normalized spacial score (nSPS) is 39.5. The van der Waals surface area contributed by atoms with Gasteiger partial charge in [0.25, 0.3) is 0 Å². The number of rotatable bonds is 3. The largest absolute Gasteiger partial charge is 0.391 e. The zero-order valence-electron chi connectivity index (χ0n) is 11.3. The van der Waals surface area contributed by atoms with E-state index in [0.29, 0.717) is 18.2 Å². The molecule has 0 spiro atoms. The van der Waals surface area contributed by atoms with Crippen LogP contribution in [0.3, 0.4) is 0 Å². The summed E-state index contributed by atoms with van der Waals surface area (Å²) in [5.41, 5.74) is 0. The van der Waals surface area contributed by atoms with Crippen molar-refractivity contribution in [3.05, 3.63) is 0 Å². The molecule has 2 rings (SSSR count). The van der Waals surface area contributed by atoms with Crippen LogP contribution in [-0.2, 0) is 4.74 Å². The van der Waals surface area contributed by atoms with E-state index in [0.717, 1.165) is 19.3 Å². The van der Waals surface area contributed by atoms with Crippen LogP contribution in [0.4, 0.5) is 0 Å². The maximum Gasteiger partial charge on any atom is 0.0695 e. The minimum Gasteiger partial charge on any atom is -0.391 e. The number of hydrogen-bond acceptors (Lipinski definition) is 3. The highest BCUT2D eigenvalue weighted by Crippen LogP contribution is 2.30. The number of aliphatic hydroxyl groups is 1. The lowest BCUT2D eigenvalue weighted by Gasteiger charge is -2.42. The molecule has 0 aromatic carbocycles. The molecule has 0 aromatic rings. The first kappa shape index (κ1) is 13.3. The maximum absolute atomic E-state index is 10.1. The lowest BCUT2D eigenvalue weighted by molar-refractivity contribution is -0.0208. The third kappa shape index (κ3) is 3.21. The summed E-state index contributed by atoms with van der Waals surface area (Å²) in [5, 5.41) is 10.1. The first-order valence-corrected chi connectivity index (χ1v) is 7.15. The van der Waals surface area contributed by atoms with Crippen molar-refractivity contribution in [1.82, 2.24) is 4.90 Å². The number of hydrogen-bond donors (Lipinski definition) is 1. The topological polar surface area (TPSA) is 32.7 Å². The SMILES string of the molecule is COC1CCCC(N(C)C2CCCCC2O)C1. The van der Waals surface area contributed by atoms with Crippen LogP contribution >= 0.6 is 0 Å². The third-order valence-corrected chi connectivity index (χ3v) is 4.72. The summed E-state index contributed by atoms with van der Waals surface area (Å²) in [6.07, 6.45) is 9.78. The average Bonchev–Trinajstić information content (AvgIpc) is 2.38. The van der Waals surface area contributed by atoms with E-state index in [2.05, 4.69) is 11.9 Å². The van der Waals surface area contributed by atoms with Gasteiger partial charge in [0.2, 0.25) is 0 Å². The average molecular weight is 241 g/mol. The Balaban J connectivity index is 1.91. The molecule has 17 heavy (non-hydrogen) atoms. The molecule has 2 aliphatic rings. The van der Waals surface area contributed by atoms with Crippen molar-refractivity contribution >= 4 is 0 Å². The Morgan fingerprint density at radius 1 is 1.06 bits per heavy atom. The smallest absolute Gasteiger partial charge is 0.0695 e. The molecule has 4 unspecified atom stereocenters. The van der Waals surface area contributed by atoms with Crippen LogP contribution in [0.1, 0.15) is 51.4 Å². The van der Waals surface area contributed by atoms with Crippen LogP contribution in [-0.4, -0.2) is 48.5 Å². The van der Waals surface area contributed by atoms with Crippen molar-refractivity contribution in [2.75, 3.05) is 14.2 Å². The second kappa shape index (κ2) is 6.17. The zero-order valence-corrected chi connectivity index (χ0v) is 11.3. The van der Waals surface area contributed by atoms with E-state index in [1.807, 2.05) is 7.11 Å². The van der Waals surface area contributed by atoms with Gasteiger partial charge in [-0.1, -0.05) is 12.8 Å². The fourth-order valence-electron chi connectivity index (χ4n) is 3.54. The van der Waals surface area contributed by atoms with E-state index >= 15 is 0 Å². The number of aliphatic hydroxyl groups excluding tert-OH is 1. The van der Waals surface area contributed by atoms with Crippen LogP contribution in [0.2, 0.25) is 0 Å². The molecule has 0 aromatic heterocycles. The summed E-state index contributed by atoms with van der Waals surface area (Å²) < 4.78 is 5.50. The van der Waals surface area contributed by atoms with Crippen molar-refractivity contribution in [3.8, 4) is 0 Å². The molecule has 3 heteroatoms. The monoisotopic (exact) mass is 241 g/mol. The predicted molar refractivity (Wildman–Crippen MR) is 69.1 cm³/mol. The summed E-state index contributed by atoms with van der Waals surface area (Å²) in [7, 11) is 4.02. The number of likely N-dealkylation sites (N-methyl/N-ethyl adjacent to an activating group) is 1. The van der Waals surface area contributed by atoms with E-state index < -0.39 is 0 Å². The van der Waals surface area contributed by atoms with E-state index in [9.17, 15) is 5.11 Å². The van der Waals surface area contributed by atoms with Crippen molar-refractivity contribution in [2.24, 2.45) is 0 Å². The van der Waals surface area contributed by atoms with Crippen molar-refractivity contribution in [1.29, 1.82) is 0 Å². The fraction of sp³-hybridized carbons (Fsp3) is 1.00. The molecule has 1 N–H and O–H groups in total. The Labute approximate surface area is 105 Å². The Hall–Kier alpha value is -0.120. The predicted octanol–water partition coefficient (Wildman–Crippen LogP) is 2.18. The van der Waals surface area contributed by atoms with Crippen molar-refractivity contribution < 1.29 is 9.84 Å². The standard InChI is InChI=1S/C14H27NO2/c1-15(13-8-3-4-9-14(13)16)11-6-5-7-12(10-11)17-2/h11-14,16H,3-10H2,1-2H3. The Bertz CT molecular complexity index is 234. The van der Waals surface area contributed by atoms with Gasteiger partial charge in [-0.05, 0) is 45.6 Å². The first-order chi connectivity index (χ1) is 8.22. The third-order valence-electron chi connectivity index (χ3n) is 4.72. The molecule has 0 bridgehead atoms. The van der Waals surface area contributed by atoms with E-state index in [-0.39, 0.29) is 6.10 Å². The highest BCUT2D eigenvalue weighted by atomic mass is 16.5. The van der Waals surface area contributed by atoms with Gasteiger partial charge >= 0.3 is 0 Å². The number of nitrogens with zero attached hydrogens (tertiary/aromatic N) is 1. The first-order valence-electron chi connectivity index (χ1n) is 7.15. The van der Waals surface area contributed by atoms with Gasteiger partial charge in [-0.15, -0.1) is 0 Å². The molecule has 100 valence electrons. The molecular weight excluding hydrogens is 214 g/mol. The highest BCUT2D eigenvalue weighted by Gasteiger charge is 2.33. The summed E-state index contributed by atoms with van der Waals surface area (Å²) >= 11 is 0. The van der Waals surface area contributed by atoms with Crippen molar-refractivity contribution in [2.45, 2.75) is 75.7 Å². The fourth-order valence-corrected chi connectivity index (χ4v) is 3.54. The quantitative estimate of drug-likeness (QED) is 0.822. The van der Waals surface area contributed by atoms with Crippen LogP contribution < -0.4 is 0 Å². The van der Waals surface area contributed by atoms with Gasteiger partial charge in [0.15, 0.2) is 0 Å². The molecule has 4 atom stereocenters. The Morgan fingerprint density at radius 3 is 2.53 bits per heavy atom. The lowest BCUT2D eigenvalue weighted by atomic mass is 9.87. The van der Waals surface area contributed by atoms with Gasteiger partial charge in [-0.3, -0.25) is 4.90 Å². The summed E-state index contributed by atoms with van der Waals surface area (Å²) in [5.74, 6) is 0. The van der Waals surface area contributed by atoms with Gasteiger partial charge in [0.1, 0.15) is 0 Å². The summed E-state index contributed by atoms with van der Waals surface area (Å²) in [4.78, 5) is 2.44. The van der Waals surface area contributed by atoms with Gasteiger partial charge < -0.3 is 9.84 Å². The second-order valence-electron chi connectivity index (χ2n) is 5.76. The Morgan fingerprint density at radius 2 is 1.82 bits per heavy atom. The minimum absolute atomic E-state index is 0.114.